The fourth-order valence-electron chi connectivity index (χ4n) is 3.28. The van der Waals surface area contributed by atoms with E-state index in [2.05, 4.69) is 16.0 Å². The van der Waals surface area contributed by atoms with Crippen molar-refractivity contribution in [1.82, 2.24) is 20.6 Å². The minimum atomic E-state index is -0.242. The molecular formula is C21H24N4O2. The molecule has 0 fully saturated rings. The van der Waals surface area contributed by atoms with Crippen LogP contribution in [0.3, 0.4) is 0 Å². The van der Waals surface area contributed by atoms with E-state index in [9.17, 15) is 9.59 Å². The lowest BCUT2D eigenvalue weighted by Crippen LogP contribution is -2.42. The molecule has 0 radical (unpaired) electrons. The van der Waals surface area contributed by atoms with Gasteiger partial charge >= 0.3 is 0 Å². The topological polar surface area (TPSA) is 76.0 Å². The van der Waals surface area contributed by atoms with Crippen LogP contribution in [-0.4, -0.2) is 21.6 Å². The van der Waals surface area contributed by atoms with Crippen molar-refractivity contribution in [3.8, 4) is 0 Å². The van der Waals surface area contributed by atoms with Gasteiger partial charge in [-0.25, -0.2) is 0 Å². The number of nitrogens with one attached hydrogen (secondary N) is 2. The largest absolute Gasteiger partial charge is 0.273 e. The normalized spacial score (nSPS) is 10.8. The first-order valence-electron chi connectivity index (χ1n) is 8.99. The molecule has 0 aliphatic heterocycles. The number of aromatic nitrogens is 2. The number of aryl methyl sites for hydroxylation is 2. The van der Waals surface area contributed by atoms with E-state index in [1.165, 1.54) is 0 Å². The standard InChI is InChI=1S/C21H24N4O2/c1-14-18(15(2)25(3)24-14)11-12-20(26)22-23-21(27)13-17-9-6-8-16-7-4-5-10-19(16)17/h4-10H,11-13H2,1-3H3,(H,22,26)(H,23,27). The molecule has 2 N–H and O–H groups in total. The van der Waals surface area contributed by atoms with Gasteiger partial charge in [-0.15, -0.1) is 0 Å². The Bertz CT molecular complexity index is 986. The van der Waals surface area contributed by atoms with Crippen LogP contribution < -0.4 is 10.9 Å². The van der Waals surface area contributed by atoms with Crippen molar-refractivity contribution in [2.24, 2.45) is 7.05 Å². The smallest absolute Gasteiger partial charge is 0.242 e. The van der Waals surface area contributed by atoms with Crippen molar-refractivity contribution in [2.75, 3.05) is 0 Å². The maximum atomic E-state index is 12.2. The number of carbonyl (C=O) groups is 2. The Morgan fingerprint density at radius 1 is 1.00 bits per heavy atom. The monoisotopic (exact) mass is 364 g/mol. The van der Waals surface area contributed by atoms with Crippen LogP contribution in [-0.2, 0) is 29.5 Å². The summed E-state index contributed by atoms with van der Waals surface area (Å²) in [6.45, 7) is 3.92. The number of rotatable bonds is 5. The van der Waals surface area contributed by atoms with Gasteiger partial charge in [0.2, 0.25) is 11.8 Å². The SMILES string of the molecule is Cc1nn(C)c(C)c1CCC(=O)NNC(=O)Cc1cccc2ccccc12. The molecule has 1 heterocycles. The van der Waals surface area contributed by atoms with E-state index in [0.29, 0.717) is 12.8 Å². The summed E-state index contributed by atoms with van der Waals surface area (Å²) in [6, 6.07) is 13.8. The van der Waals surface area contributed by atoms with E-state index < -0.39 is 0 Å². The number of carbonyl (C=O) groups excluding carboxylic acids is 2. The first-order chi connectivity index (χ1) is 13.0. The van der Waals surface area contributed by atoms with Crippen molar-refractivity contribution in [2.45, 2.75) is 33.1 Å². The predicted octanol–water partition coefficient (Wildman–Crippen LogP) is 2.51. The first kappa shape index (κ1) is 18.6. The minimum Gasteiger partial charge on any atom is -0.273 e. The molecule has 3 aromatic rings. The van der Waals surface area contributed by atoms with E-state index in [1.807, 2.05) is 68.0 Å². The molecule has 0 atom stereocenters. The van der Waals surface area contributed by atoms with Crippen LogP contribution in [0.1, 0.15) is 28.9 Å². The number of fused-ring (bicyclic) bond motifs is 1. The van der Waals surface area contributed by atoms with Crippen LogP contribution in [0.2, 0.25) is 0 Å². The lowest BCUT2D eigenvalue weighted by Gasteiger charge is -2.09. The molecule has 1 aromatic heterocycles. The summed E-state index contributed by atoms with van der Waals surface area (Å²) in [5.41, 5.74) is 9.01. The van der Waals surface area contributed by atoms with E-state index >= 15 is 0 Å². The lowest BCUT2D eigenvalue weighted by atomic mass is 10.0. The molecule has 0 aliphatic rings. The zero-order valence-corrected chi connectivity index (χ0v) is 15.9. The van der Waals surface area contributed by atoms with Gasteiger partial charge in [0.1, 0.15) is 0 Å². The van der Waals surface area contributed by atoms with Gasteiger partial charge in [0.25, 0.3) is 0 Å². The van der Waals surface area contributed by atoms with Gasteiger partial charge in [0.05, 0.1) is 12.1 Å². The van der Waals surface area contributed by atoms with E-state index in [-0.39, 0.29) is 18.2 Å². The fourth-order valence-corrected chi connectivity index (χ4v) is 3.28. The number of hydrogen-bond acceptors (Lipinski definition) is 3. The third-order valence-corrected chi connectivity index (χ3v) is 4.83. The second-order valence-electron chi connectivity index (χ2n) is 6.68. The van der Waals surface area contributed by atoms with Crippen molar-refractivity contribution in [3.05, 3.63) is 65.0 Å². The zero-order chi connectivity index (χ0) is 19.4. The highest BCUT2D eigenvalue weighted by Gasteiger charge is 2.12. The van der Waals surface area contributed by atoms with Crippen molar-refractivity contribution in [3.63, 3.8) is 0 Å². The van der Waals surface area contributed by atoms with E-state index in [4.69, 9.17) is 0 Å². The summed E-state index contributed by atoms with van der Waals surface area (Å²) >= 11 is 0. The summed E-state index contributed by atoms with van der Waals surface area (Å²) in [7, 11) is 1.89. The molecule has 27 heavy (non-hydrogen) atoms. The van der Waals surface area contributed by atoms with E-state index in [1.54, 1.807) is 0 Å². The number of hydrazine groups is 1. The Morgan fingerprint density at radius 2 is 1.70 bits per heavy atom. The summed E-state index contributed by atoms with van der Waals surface area (Å²) < 4.78 is 1.81. The van der Waals surface area contributed by atoms with Gasteiger partial charge in [-0.05, 0) is 42.2 Å². The second kappa shape index (κ2) is 8.03. The van der Waals surface area contributed by atoms with Crippen LogP contribution in [0.5, 0.6) is 0 Å². The van der Waals surface area contributed by atoms with Gasteiger partial charge < -0.3 is 0 Å². The quantitative estimate of drug-likeness (QED) is 0.683. The zero-order valence-electron chi connectivity index (χ0n) is 15.9. The van der Waals surface area contributed by atoms with Crippen molar-refractivity contribution in [1.29, 1.82) is 0 Å². The maximum absolute atomic E-state index is 12.2. The molecule has 2 aromatic carbocycles. The second-order valence-corrected chi connectivity index (χ2v) is 6.68. The molecule has 0 unspecified atom stereocenters. The molecule has 6 nitrogen and oxygen atoms in total. The molecule has 0 saturated carbocycles. The maximum Gasteiger partial charge on any atom is 0.242 e. The molecular weight excluding hydrogens is 340 g/mol. The third-order valence-electron chi connectivity index (χ3n) is 4.83. The molecule has 0 spiro atoms. The van der Waals surface area contributed by atoms with Crippen molar-refractivity contribution >= 4 is 22.6 Å². The highest BCUT2D eigenvalue weighted by atomic mass is 16.2. The van der Waals surface area contributed by atoms with Crippen LogP contribution in [0.15, 0.2) is 42.5 Å². The van der Waals surface area contributed by atoms with Crippen LogP contribution in [0.4, 0.5) is 0 Å². The average Bonchev–Trinajstić information content (AvgIpc) is 2.90. The fraction of sp³-hybridized carbons (Fsp3) is 0.286. The van der Waals surface area contributed by atoms with Gasteiger partial charge in [-0.1, -0.05) is 42.5 Å². The Hall–Kier alpha value is -3.15. The molecule has 0 aliphatic carbocycles. The van der Waals surface area contributed by atoms with Gasteiger partial charge in [-0.3, -0.25) is 25.1 Å². The first-order valence-corrected chi connectivity index (χ1v) is 8.99. The predicted molar refractivity (Wildman–Crippen MR) is 105 cm³/mol. The Labute approximate surface area is 158 Å². The number of nitrogens with zero attached hydrogens (tertiary/aromatic N) is 2. The number of hydrogen-bond donors (Lipinski definition) is 2. The van der Waals surface area contributed by atoms with Crippen LogP contribution in [0.25, 0.3) is 10.8 Å². The Morgan fingerprint density at radius 3 is 2.44 bits per heavy atom. The summed E-state index contributed by atoms with van der Waals surface area (Å²) in [5.74, 6) is -0.461. The van der Waals surface area contributed by atoms with Gasteiger partial charge in [-0.2, -0.15) is 5.10 Å². The number of amides is 2. The summed E-state index contributed by atoms with van der Waals surface area (Å²) in [5, 5.41) is 6.49. The molecule has 140 valence electrons. The molecule has 0 saturated heterocycles. The van der Waals surface area contributed by atoms with E-state index in [0.717, 1.165) is 33.3 Å². The van der Waals surface area contributed by atoms with Gasteiger partial charge in [0, 0.05) is 19.2 Å². The molecule has 6 heteroatoms. The molecule has 3 rings (SSSR count). The Balaban J connectivity index is 1.52. The van der Waals surface area contributed by atoms with Crippen LogP contribution in [0, 0.1) is 13.8 Å². The minimum absolute atomic E-state index is 0.211. The summed E-state index contributed by atoms with van der Waals surface area (Å²) in [4.78, 5) is 24.3. The molecule has 2 amide bonds. The number of benzene rings is 2. The van der Waals surface area contributed by atoms with Crippen molar-refractivity contribution < 1.29 is 9.59 Å². The summed E-state index contributed by atoms with van der Waals surface area (Å²) in [6.07, 6.45) is 1.10. The lowest BCUT2D eigenvalue weighted by molar-refractivity contribution is -0.128. The van der Waals surface area contributed by atoms with Gasteiger partial charge in [0.15, 0.2) is 0 Å². The highest BCUT2D eigenvalue weighted by molar-refractivity contribution is 5.90. The molecule has 0 bridgehead atoms. The average molecular weight is 364 g/mol. The third kappa shape index (κ3) is 4.34. The Kier molecular flexibility index (Phi) is 5.54. The van der Waals surface area contributed by atoms with Crippen LogP contribution >= 0.6 is 0 Å². The highest BCUT2D eigenvalue weighted by Crippen LogP contribution is 2.18.